The molecule has 0 bridgehead atoms. The number of nitrogens with one attached hydrogen (secondary N) is 1. The van der Waals surface area contributed by atoms with Crippen LogP contribution in [0, 0.1) is 0 Å². The highest BCUT2D eigenvalue weighted by Gasteiger charge is 2.07. The van der Waals surface area contributed by atoms with E-state index in [-0.39, 0.29) is 11.7 Å². The summed E-state index contributed by atoms with van der Waals surface area (Å²) >= 11 is 13.6. The molecule has 0 atom stereocenters. The van der Waals surface area contributed by atoms with Crippen LogP contribution in [0.4, 0.5) is 0 Å². The normalized spacial score (nSPS) is 10.8. The molecule has 114 valence electrons. The molecule has 1 heterocycles. The van der Waals surface area contributed by atoms with Crippen LogP contribution in [-0.4, -0.2) is 22.9 Å². The van der Waals surface area contributed by atoms with E-state index in [2.05, 4.69) is 15.5 Å². The standard InChI is InChI=1S/C15H13Cl2N3OS/c16-13-5-3-6-14(17)12(13)9-22-10-15(21)20-19-8-11-4-1-2-7-18-11/h1-8H,9-10H2,(H,20,21)/b19-8-. The van der Waals surface area contributed by atoms with Crippen molar-refractivity contribution in [1.29, 1.82) is 0 Å². The van der Waals surface area contributed by atoms with Crippen molar-refractivity contribution in [3.05, 3.63) is 63.9 Å². The fraction of sp³-hybridized carbons (Fsp3) is 0.133. The zero-order valence-electron chi connectivity index (χ0n) is 11.5. The maximum Gasteiger partial charge on any atom is 0.250 e. The second kappa shape index (κ2) is 8.78. The number of aromatic nitrogens is 1. The van der Waals surface area contributed by atoms with Gasteiger partial charge in [0.15, 0.2) is 0 Å². The summed E-state index contributed by atoms with van der Waals surface area (Å²) in [5.74, 6) is 0.636. The van der Waals surface area contributed by atoms with Crippen molar-refractivity contribution in [3.63, 3.8) is 0 Å². The van der Waals surface area contributed by atoms with Crippen molar-refractivity contribution in [2.24, 2.45) is 5.10 Å². The first kappa shape index (κ1) is 16.8. The Bertz CT molecular complexity index is 645. The summed E-state index contributed by atoms with van der Waals surface area (Å²) in [6, 6.07) is 10.8. The lowest BCUT2D eigenvalue weighted by atomic mass is 10.2. The minimum atomic E-state index is -0.194. The predicted octanol–water partition coefficient (Wildman–Crippen LogP) is 3.77. The van der Waals surface area contributed by atoms with Gasteiger partial charge in [-0.3, -0.25) is 9.78 Å². The number of nitrogens with zero attached hydrogens (tertiary/aromatic N) is 2. The smallest absolute Gasteiger partial charge is 0.250 e. The highest BCUT2D eigenvalue weighted by Crippen LogP contribution is 2.27. The maximum atomic E-state index is 11.7. The number of hydrogen-bond acceptors (Lipinski definition) is 4. The van der Waals surface area contributed by atoms with E-state index in [0.717, 1.165) is 5.56 Å². The Hall–Kier alpha value is -1.56. The molecular weight excluding hydrogens is 341 g/mol. The predicted molar refractivity (Wildman–Crippen MR) is 92.6 cm³/mol. The molecule has 0 fully saturated rings. The first-order valence-corrected chi connectivity index (χ1v) is 8.31. The number of amides is 1. The number of benzene rings is 1. The molecule has 2 rings (SSSR count). The Labute approximate surface area is 142 Å². The van der Waals surface area contributed by atoms with E-state index in [0.29, 0.717) is 21.5 Å². The molecule has 0 spiro atoms. The molecule has 1 amide bonds. The lowest BCUT2D eigenvalue weighted by Crippen LogP contribution is -2.19. The summed E-state index contributed by atoms with van der Waals surface area (Å²) in [5, 5.41) is 5.06. The zero-order chi connectivity index (χ0) is 15.8. The average molecular weight is 354 g/mol. The maximum absolute atomic E-state index is 11.7. The third kappa shape index (κ3) is 5.33. The molecule has 0 saturated heterocycles. The van der Waals surface area contributed by atoms with Gasteiger partial charge >= 0.3 is 0 Å². The topological polar surface area (TPSA) is 54.4 Å². The number of pyridine rings is 1. The number of halogens is 2. The van der Waals surface area contributed by atoms with Crippen LogP contribution in [0.1, 0.15) is 11.3 Å². The molecule has 2 aromatic rings. The van der Waals surface area contributed by atoms with Crippen LogP contribution in [0.2, 0.25) is 10.0 Å². The Kier molecular flexibility index (Phi) is 6.71. The first-order valence-electron chi connectivity index (χ1n) is 6.40. The fourth-order valence-electron chi connectivity index (χ4n) is 1.57. The third-order valence-electron chi connectivity index (χ3n) is 2.62. The van der Waals surface area contributed by atoms with Gasteiger partial charge in [0.25, 0.3) is 0 Å². The first-order chi connectivity index (χ1) is 10.7. The van der Waals surface area contributed by atoms with Crippen molar-refractivity contribution >= 4 is 47.1 Å². The second-order valence-electron chi connectivity index (χ2n) is 4.24. The summed E-state index contributed by atoms with van der Waals surface area (Å²) in [5.41, 5.74) is 3.96. The van der Waals surface area contributed by atoms with Crippen molar-refractivity contribution < 1.29 is 4.79 Å². The molecule has 1 aromatic heterocycles. The van der Waals surface area contributed by atoms with Crippen molar-refractivity contribution in [2.45, 2.75) is 5.75 Å². The van der Waals surface area contributed by atoms with Crippen molar-refractivity contribution in [2.75, 3.05) is 5.75 Å². The molecule has 7 heteroatoms. The molecule has 0 radical (unpaired) electrons. The minimum Gasteiger partial charge on any atom is -0.272 e. The molecule has 0 saturated carbocycles. The van der Waals surface area contributed by atoms with E-state index >= 15 is 0 Å². The van der Waals surface area contributed by atoms with Crippen LogP contribution in [0.5, 0.6) is 0 Å². The molecule has 0 aliphatic carbocycles. The zero-order valence-corrected chi connectivity index (χ0v) is 13.8. The van der Waals surface area contributed by atoms with Gasteiger partial charge in [0.2, 0.25) is 5.91 Å². The van der Waals surface area contributed by atoms with Crippen LogP contribution in [0.15, 0.2) is 47.7 Å². The van der Waals surface area contributed by atoms with Crippen molar-refractivity contribution in [1.82, 2.24) is 10.4 Å². The second-order valence-corrected chi connectivity index (χ2v) is 6.04. The quantitative estimate of drug-likeness (QED) is 0.635. The summed E-state index contributed by atoms with van der Waals surface area (Å²) in [6.07, 6.45) is 3.15. The van der Waals surface area contributed by atoms with Gasteiger partial charge in [-0.05, 0) is 29.8 Å². The molecule has 1 aromatic carbocycles. The van der Waals surface area contributed by atoms with Crippen LogP contribution >= 0.6 is 35.0 Å². The molecule has 0 aliphatic rings. The van der Waals surface area contributed by atoms with Gasteiger partial charge in [-0.2, -0.15) is 5.10 Å². The van der Waals surface area contributed by atoms with E-state index in [1.165, 1.54) is 18.0 Å². The number of carbonyl (C=O) groups is 1. The summed E-state index contributed by atoms with van der Waals surface area (Å²) in [7, 11) is 0. The van der Waals surface area contributed by atoms with Gasteiger partial charge in [0, 0.05) is 22.0 Å². The number of carbonyl (C=O) groups excluding carboxylic acids is 1. The highest BCUT2D eigenvalue weighted by molar-refractivity contribution is 7.99. The summed E-state index contributed by atoms with van der Waals surface area (Å²) < 4.78 is 0. The summed E-state index contributed by atoms with van der Waals surface area (Å²) in [4.78, 5) is 15.7. The van der Waals surface area contributed by atoms with Crippen LogP contribution < -0.4 is 5.43 Å². The van der Waals surface area contributed by atoms with E-state index in [4.69, 9.17) is 23.2 Å². The molecular formula is C15H13Cl2N3OS. The Morgan fingerprint density at radius 3 is 2.68 bits per heavy atom. The fourth-order valence-corrected chi connectivity index (χ4v) is 3.13. The molecule has 4 nitrogen and oxygen atoms in total. The Morgan fingerprint density at radius 1 is 1.23 bits per heavy atom. The van der Waals surface area contributed by atoms with Gasteiger partial charge in [0.05, 0.1) is 17.7 Å². The molecule has 0 unspecified atom stereocenters. The third-order valence-corrected chi connectivity index (χ3v) is 4.28. The molecule has 22 heavy (non-hydrogen) atoms. The van der Waals surface area contributed by atoms with E-state index in [9.17, 15) is 4.79 Å². The van der Waals surface area contributed by atoms with Gasteiger partial charge in [-0.15, -0.1) is 11.8 Å². The average Bonchev–Trinajstić information content (AvgIpc) is 2.51. The van der Waals surface area contributed by atoms with E-state index in [1.807, 2.05) is 12.1 Å². The largest absolute Gasteiger partial charge is 0.272 e. The van der Waals surface area contributed by atoms with Crippen LogP contribution in [0.25, 0.3) is 0 Å². The minimum absolute atomic E-state index is 0.194. The van der Waals surface area contributed by atoms with Gasteiger partial charge < -0.3 is 0 Å². The van der Waals surface area contributed by atoms with Gasteiger partial charge in [-0.1, -0.05) is 35.3 Å². The Morgan fingerprint density at radius 2 is 2.00 bits per heavy atom. The lowest BCUT2D eigenvalue weighted by molar-refractivity contribution is -0.118. The monoisotopic (exact) mass is 353 g/mol. The van der Waals surface area contributed by atoms with Crippen LogP contribution in [0.3, 0.4) is 0 Å². The van der Waals surface area contributed by atoms with Gasteiger partial charge in [0.1, 0.15) is 0 Å². The van der Waals surface area contributed by atoms with Gasteiger partial charge in [-0.25, -0.2) is 5.43 Å². The number of thioether (sulfide) groups is 1. The van der Waals surface area contributed by atoms with Crippen molar-refractivity contribution in [3.8, 4) is 0 Å². The number of hydrogen-bond donors (Lipinski definition) is 1. The number of rotatable bonds is 6. The number of hydrazone groups is 1. The Balaban J connectivity index is 1.75. The van der Waals surface area contributed by atoms with E-state index < -0.39 is 0 Å². The summed E-state index contributed by atoms with van der Waals surface area (Å²) in [6.45, 7) is 0. The lowest BCUT2D eigenvalue weighted by Gasteiger charge is -2.06. The SMILES string of the molecule is O=C(CSCc1c(Cl)cccc1Cl)N/N=C\c1ccccn1. The molecule has 1 N–H and O–H groups in total. The van der Waals surface area contributed by atoms with E-state index in [1.54, 1.807) is 30.5 Å². The molecule has 0 aliphatic heterocycles. The van der Waals surface area contributed by atoms with Crippen LogP contribution in [-0.2, 0) is 10.5 Å². The highest BCUT2D eigenvalue weighted by atomic mass is 35.5.